The van der Waals surface area contributed by atoms with Crippen molar-refractivity contribution in [3.8, 4) is 0 Å². The number of allylic oxidation sites excluding steroid dienone is 3. The van der Waals surface area contributed by atoms with Crippen LogP contribution in [0.15, 0.2) is 23.3 Å². The maximum Gasteiger partial charge on any atom is 0.331 e. The summed E-state index contributed by atoms with van der Waals surface area (Å²) in [5.74, 6) is 1.83. The van der Waals surface area contributed by atoms with Crippen LogP contribution in [0.5, 0.6) is 0 Å². The molecule has 1 N–H and O–H groups in total. The van der Waals surface area contributed by atoms with Crippen LogP contribution < -0.4 is 0 Å². The molecule has 0 radical (unpaired) electrons. The summed E-state index contributed by atoms with van der Waals surface area (Å²) in [5, 5.41) is 9.36. The highest BCUT2D eigenvalue weighted by Crippen LogP contribution is 2.66. The summed E-state index contributed by atoms with van der Waals surface area (Å²) in [6, 6.07) is 0. The summed E-state index contributed by atoms with van der Waals surface area (Å²) in [5.41, 5.74) is 2.14. The van der Waals surface area contributed by atoms with Crippen LogP contribution in [-0.4, -0.2) is 16.9 Å². The highest BCUT2D eigenvalue weighted by molar-refractivity contribution is 5.87. The molecular weight excluding hydrogens is 312 g/mol. The normalized spacial score (nSPS) is 45.6. The maximum atomic E-state index is 12.2. The number of carbonyl (C=O) groups excluding carboxylic acids is 1. The molecule has 3 heteroatoms. The molecule has 2 fully saturated rings. The van der Waals surface area contributed by atoms with Crippen molar-refractivity contribution in [3.05, 3.63) is 23.3 Å². The van der Waals surface area contributed by atoms with Crippen molar-refractivity contribution in [2.45, 2.75) is 65.7 Å². The summed E-state index contributed by atoms with van der Waals surface area (Å²) in [4.78, 5) is 23.6. The molecular formula is C22H30O3. The number of aliphatic carboxylic acids is 1. The van der Waals surface area contributed by atoms with Crippen LogP contribution in [-0.2, 0) is 9.59 Å². The van der Waals surface area contributed by atoms with E-state index in [1.165, 1.54) is 18.4 Å². The van der Waals surface area contributed by atoms with Crippen LogP contribution in [0, 0.1) is 34.5 Å². The van der Waals surface area contributed by atoms with E-state index in [1.807, 2.05) is 6.08 Å². The number of carbonyl (C=O) groups is 2. The number of carboxylic acids is 1. The second-order valence-corrected chi connectivity index (χ2v) is 9.45. The van der Waals surface area contributed by atoms with Crippen LogP contribution >= 0.6 is 0 Å². The number of hydrogen-bond donors (Lipinski definition) is 1. The van der Waals surface area contributed by atoms with Gasteiger partial charge in [0.05, 0.1) is 0 Å². The van der Waals surface area contributed by atoms with Gasteiger partial charge in [0.25, 0.3) is 0 Å². The molecule has 0 aromatic rings. The van der Waals surface area contributed by atoms with Gasteiger partial charge in [-0.15, -0.1) is 0 Å². The molecule has 2 saturated carbocycles. The molecule has 4 aliphatic rings. The number of fused-ring (bicyclic) bond motifs is 5. The van der Waals surface area contributed by atoms with Gasteiger partial charge in [-0.05, 0) is 92.1 Å². The molecule has 0 aliphatic heterocycles. The molecule has 0 spiro atoms. The standard InChI is InChI=1S/C22H30O3/c1-13(23)17-6-7-18-16-5-4-15-12-14(20(24)25)8-10-21(15,2)19(16)9-11-22(17,18)3/h4,12,16-19H,5-11H2,1-3H3,(H,24,25)/t16-,17+,18-,19-,21-,22+/m0/s1. The minimum atomic E-state index is -0.763. The fraction of sp³-hybridized carbons (Fsp3) is 0.727. The number of Topliss-reactive ketones (excluding diaryl/α,β-unsaturated/α-hetero) is 1. The molecule has 0 aromatic carbocycles. The lowest BCUT2D eigenvalue weighted by Crippen LogP contribution is -2.49. The number of ketones is 1. The molecule has 0 amide bonds. The molecule has 4 aliphatic carbocycles. The smallest absolute Gasteiger partial charge is 0.331 e. The molecule has 0 saturated heterocycles. The Labute approximate surface area is 150 Å². The van der Waals surface area contributed by atoms with Gasteiger partial charge < -0.3 is 5.11 Å². The zero-order valence-corrected chi connectivity index (χ0v) is 15.7. The highest BCUT2D eigenvalue weighted by atomic mass is 16.4. The van der Waals surface area contributed by atoms with Gasteiger partial charge >= 0.3 is 5.97 Å². The average molecular weight is 342 g/mol. The number of rotatable bonds is 2. The summed E-state index contributed by atoms with van der Waals surface area (Å²) < 4.78 is 0. The van der Waals surface area contributed by atoms with E-state index < -0.39 is 5.97 Å². The van der Waals surface area contributed by atoms with E-state index in [0.29, 0.717) is 35.5 Å². The molecule has 4 rings (SSSR count). The second-order valence-electron chi connectivity index (χ2n) is 9.45. The van der Waals surface area contributed by atoms with Gasteiger partial charge in [0.2, 0.25) is 0 Å². The largest absolute Gasteiger partial charge is 0.478 e. The van der Waals surface area contributed by atoms with Crippen LogP contribution in [0.1, 0.15) is 65.7 Å². The van der Waals surface area contributed by atoms with E-state index in [1.54, 1.807) is 6.92 Å². The first-order valence-electron chi connectivity index (χ1n) is 9.92. The van der Waals surface area contributed by atoms with Crippen molar-refractivity contribution in [2.75, 3.05) is 0 Å². The molecule has 3 nitrogen and oxygen atoms in total. The Morgan fingerprint density at radius 3 is 2.56 bits per heavy atom. The SMILES string of the molecule is CC(=O)[C@H]1CC[C@H]2[C@@H]3CC=C4C=C(C(=O)O)CC[C@]4(C)[C@H]3CC[C@]12C. The van der Waals surface area contributed by atoms with E-state index in [0.717, 1.165) is 25.7 Å². The third-order valence-electron chi connectivity index (χ3n) is 8.53. The van der Waals surface area contributed by atoms with Crippen LogP contribution in [0.4, 0.5) is 0 Å². The fourth-order valence-electron chi connectivity index (χ4n) is 7.16. The van der Waals surface area contributed by atoms with Gasteiger partial charge in [-0.2, -0.15) is 0 Å². The Kier molecular flexibility index (Phi) is 3.79. The van der Waals surface area contributed by atoms with Crippen molar-refractivity contribution in [1.82, 2.24) is 0 Å². The van der Waals surface area contributed by atoms with Gasteiger partial charge in [-0.1, -0.05) is 19.9 Å². The van der Waals surface area contributed by atoms with Crippen LogP contribution in [0.2, 0.25) is 0 Å². The Hall–Kier alpha value is -1.38. The van der Waals surface area contributed by atoms with Gasteiger partial charge in [-0.25, -0.2) is 4.79 Å². The summed E-state index contributed by atoms with van der Waals surface area (Å²) in [7, 11) is 0. The minimum Gasteiger partial charge on any atom is -0.478 e. The summed E-state index contributed by atoms with van der Waals surface area (Å²) >= 11 is 0. The van der Waals surface area contributed by atoms with E-state index >= 15 is 0 Å². The number of hydrogen-bond acceptors (Lipinski definition) is 2. The predicted octanol–water partition coefficient (Wildman–Crippen LogP) is 4.78. The Morgan fingerprint density at radius 2 is 1.88 bits per heavy atom. The Balaban J connectivity index is 1.68. The third-order valence-corrected chi connectivity index (χ3v) is 8.53. The first kappa shape index (κ1) is 17.1. The molecule has 6 atom stereocenters. The first-order valence-corrected chi connectivity index (χ1v) is 9.92. The zero-order valence-electron chi connectivity index (χ0n) is 15.7. The predicted molar refractivity (Wildman–Crippen MR) is 97.0 cm³/mol. The van der Waals surface area contributed by atoms with Crippen molar-refractivity contribution in [2.24, 2.45) is 34.5 Å². The fourth-order valence-corrected chi connectivity index (χ4v) is 7.16. The van der Waals surface area contributed by atoms with Gasteiger partial charge in [-0.3, -0.25) is 4.79 Å². The molecule has 136 valence electrons. The molecule has 0 unspecified atom stereocenters. The maximum absolute atomic E-state index is 12.2. The first-order chi connectivity index (χ1) is 11.8. The molecule has 25 heavy (non-hydrogen) atoms. The third kappa shape index (κ3) is 2.30. The lowest BCUT2D eigenvalue weighted by Gasteiger charge is -2.57. The highest BCUT2D eigenvalue weighted by Gasteiger charge is 2.59. The Morgan fingerprint density at radius 1 is 1.12 bits per heavy atom. The lowest BCUT2D eigenvalue weighted by atomic mass is 9.47. The van der Waals surface area contributed by atoms with E-state index in [9.17, 15) is 14.7 Å². The minimum absolute atomic E-state index is 0.123. The van der Waals surface area contributed by atoms with Crippen molar-refractivity contribution in [3.63, 3.8) is 0 Å². The Bertz CT molecular complexity index is 687. The van der Waals surface area contributed by atoms with Gasteiger partial charge in [0.15, 0.2) is 0 Å². The van der Waals surface area contributed by atoms with Crippen molar-refractivity contribution >= 4 is 11.8 Å². The van der Waals surface area contributed by atoms with Gasteiger partial charge in [0.1, 0.15) is 5.78 Å². The second kappa shape index (κ2) is 5.56. The van der Waals surface area contributed by atoms with Crippen molar-refractivity contribution in [1.29, 1.82) is 0 Å². The molecule has 0 heterocycles. The van der Waals surface area contributed by atoms with Crippen molar-refractivity contribution < 1.29 is 14.7 Å². The average Bonchev–Trinajstić information content (AvgIpc) is 2.91. The lowest BCUT2D eigenvalue weighted by molar-refractivity contribution is -0.133. The van der Waals surface area contributed by atoms with E-state index in [-0.39, 0.29) is 16.7 Å². The molecule has 0 aromatic heterocycles. The summed E-state index contributed by atoms with van der Waals surface area (Å²) in [6.45, 7) is 6.52. The van der Waals surface area contributed by atoms with Gasteiger partial charge in [0, 0.05) is 11.5 Å². The monoisotopic (exact) mass is 342 g/mol. The summed E-state index contributed by atoms with van der Waals surface area (Å²) in [6.07, 6.45) is 11.6. The van der Waals surface area contributed by atoms with E-state index in [4.69, 9.17) is 0 Å². The van der Waals surface area contributed by atoms with E-state index in [2.05, 4.69) is 19.9 Å². The number of carboxylic acid groups (broad SMARTS) is 1. The van der Waals surface area contributed by atoms with Crippen LogP contribution in [0.25, 0.3) is 0 Å². The molecule has 0 bridgehead atoms. The topological polar surface area (TPSA) is 54.4 Å². The zero-order chi connectivity index (χ0) is 18.0. The quantitative estimate of drug-likeness (QED) is 0.786. The van der Waals surface area contributed by atoms with Crippen LogP contribution in [0.3, 0.4) is 0 Å².